The van der Waals surface area contributed by atoms with E-state index in [-0.39, 0.29) is 0 Å². The zero-order valence-corrected chi connectivity index (χ0v) is 8.73. The van der Waals surface area contributed by atoms with E-state index in [2.05, 4.69) is 15.4 Å². The maximum Gasteiger partial charge on any atom is 0.147 e. The number of rotatable bonds is 2. The zero-order valence-electron chi connectivity index (χ0n) is 8.73. The molecule has 5 heteroatoms. The third-order valence-electron chi connectivity index (χ3n) is 2.26. The van der Waals surface area contributed by atoms with Crippen molar-refractivity contribution in [2.45, 2.75) is 0 Å². The first-order valence-corrected chi connectivity index (χ1v) is 4.64. The van der Waals surface area contributed by atoms with Crippen LogP contribution in [0.4, 0.5) is 11.5 Å². The highest BCUT2D eigenvalue weighted by molar-refractivity contribution is 5.80. The Morgan fingerprint density at radius 1 is 1.47 bits per heavy atom. The van der Waals surface area contributed by atoms with Crippen LogP contribution in [0.25, 0.3) is 11.3 Å². The number of aryl methyl sites for hydroxylation is 1. The number of nitrogen functional groups attached to an aromatic ring is 1. The summed E-state index contributed by atoms with van der Waals surface area (Å²) < 4.78 is 1.72. The molecule has 0 atom stereocenters. The molecule has 2 aromatic rings. The second kappa shape index (κ2) is 3.61. The molecule has 2 aromatic heterocycles. The van der Waals surface area contributed by atoms with Crippen molar-refractivity contribution < 1.29 is 0 Å². The predicted octanol–water partition coefficient (Wildman–Crippen LogP) is 1.11. The van der Waals surface area contributed by atoms with Crippen LogP contribution >= 0.6 is 0 Å². The minimum atomic E-state index is 0.646. The molecule has 0 saturated carbocycles. The minimum absolute atomic E-state index is 0.646. The van der Waals surface area contributed by atoms with Crippen molar-refractivity contribution >= 4 is 11.5 Å². The standard InChI is InChI=1S/C10H13N5/c1-12-10-8(11)9(14-15(10)2)7-4-3-5-13-6-7/h3-6,12H,11H2,1-2H3. The van der Waals surface area contributed by atoms with Crippen LogP contribution in [-0.4, -0.2) is 21.8 Å². The lowest BCUT2D eigenvalue weighted by atomic mass is 10.2. The van der Waals surface area contributed by atoms with E-state index in [0.717, 1.165) is 17.1 Å². The van der Waals surface area contributed by atoms with Gasteiger partial charge in [0.15, 0.2) is 0 Å². The SMILES string of the molecule is CNc1c(N)c(-c2cccnc2)nn1C. The van der Waals surface area contributed by atoms with E-state index in [9.17, 15) is 0 Å². The van der Waals surface area contributed by atoms with E-state index in [1.165, 1.54) is 0 Å². The van der Waals surface area contributed by atoms with Crippen LogP contribution in [0.5, 0.6) is 0 Å². The van der Waals surface area contributed by atoms with Crippen molar-refractivity contribution in [1.82, 2.24) is 14.8 Å². The van der Waals surface area contributed by atoms with Gasteiger partial charge in [-0.25, -0.2) is 0 Å². The molecule has 15 heavy (non-hydrogen) atoms. The fourth-order valence-corrected chi connectivity index (χ4v) is 1.55. The zero-order chi connectivity index (χ0) is 10.8. The van der Waals surface area contributed by atoms with Crippen LogP contribution in [0, 0.1) is 0 Å². The van der Waals surface area contributed by atoms with Gasteiger partial charge in [0.05, 0.1) is 0 Å². The van der Waals surface area contributed by atoms with Crippen molar-refractivity contribution in [3.63, 3.8) is 0 Å². The molecule has 0 fully saturated rings. The fourth-order valence-electron chi connectivity index (χ4n) is 1.55. The van der Waals surface area contributed by atoms with E-state index in [4.69, 9.17) is 5.73 Å². The molecule has 78 valence electrons. The van der Waals surface area contributed by atoms with Crippen molar-refractivity contribution in [2.24, 2.45) is 7.05 Å². The highest BCUT2D eigenvalue weighted by atomic mass is 15.3. The first kappa shape index (κ1) is 9.51. The number of pyridine rings is 1. The molecule has 0 spiro atoms. The number of nitrogens with zero attached hydrogens (tertiary/aromatic N) is 3. The van der Waals surface area contributed by atoms with Crippen molar-refractivity contribution in [3.8, 4) is 11.3 Å². The van der Waals surface area contributed by atoms with Crippen LogP contribution in [0.3, 0.4) is 0 Å². The summed E-state index contributed by atoms with van der Waals surface area (Å²) in [6.07, 6.45) is 3.47. The molecule has 0 aliphatic rings. The Labute approximate surface area is 87.9 Å². The van der Waals surface area contributed by atoms with Gasteiger partial charge in [0, 0.05) is 32.1 Å². The lowest BCUT2D eigenvalue weighted by Gasteiger charge is -2.00. The van der Waals surface area contributed by atoms with Gasteiger partial charge in [-0.1, -0.05) is 0 Å². The smallest absolute Gasteiger partial charge is 0.147 e. The molecule has 2 heterocycles. The third-order valence-corrected chi connectivity index (χ3v) is 2.26. The minimum Gasteiger partial charge on any atom is -0.394 e. The number of nitrogens with one attached hydrogen (secondary N) is 1. The summed E-state index contributed by atoms with van der Waals surface area (Å²) in [6.45, 7) is 0. The molecule has 2 rings (SSSR count). The summed E-state index contributed by atoms with van der Waals surface area (Å²) in [4.78, 5) is 4.04. The Morgan fingerprint density at radius 2 is 2.27 bits per heavy atom. The van der Waals surface area contributed by atoms with Crippen molar-refractivity contribution in [2.75, 3.05) is 18.1 Å². The van der Waals surface area contributed by atoms with E-state index in [0.29, 0.717) is 5.69 Å². The third kappa shape index (κ3) is 1.52. The summed E-state index contributed by atoms with van der Waals surface area (Å²) in [5.41, 5.74) is 8.30. The Bertz CT molecular complexity index is 460. The van der Waals surface area contributed by atoms with Crippen LogP contribution in [0.2, 0.25) is 0 Å². The lowest BCUT2D eigenvalue weighted by molar-refractivity contribution is 0.778. The van der Waals surface area contributed by atoms with Gasteiger partial charge < -0.3 is 11.1 Å². The molecular formula is C10H13N5. The quantitative estimate of drug-likeness (QED) is 0.767. The highest BCUT2D eigenvalue weighted by Crippen LogP contribution is 2.29. The topological polar surface area (TPSA) is 68.8 Å². The molecule has 5 nitrogen and oxygen atoms in total. The molecule has 3 N–H and O–H groups in total. The van der Waals surface area contributed by atoms with Gasteiger partial charge in [-0.2, -0.15) is 5.10 Å². The first-order valence-electron chi connectivity index (χ1n) is 4.64. The van der Waals surface area contributed by atoms with Gasteiger partial charge in [-0.3, -0.25) is 9.67 Å². The largest absolute Gasteiger partial charge is 0.394 e. The highest BCUT2D eigenvalue weighted by Gasteiger charge is 2.13. The van der Waals surface area contributed by atoms with Crippen LogP contribution in [0.15, 0.2) is 24.5 Å². The van der Waals surface area contributed by atoms with Crippen LogP contribution in [0.1, 0.15) is 0 Å². The summed E-state index contributed by atoms with van der Waals surface area (Å²) in [7, 11) is 3.67. The maximum atomic E-state index is 5.97. The Kier molecular flexibility index (Phi) is 2.29. The Hall–Kier alpha value is -2.04. The van der Waals surface area contributed by atoms with E-state index in [1.807, 2.05) is 26.2 Å². The van der Waals surface area contributed by atoms with Crippen LogP contribution in [-0.2, 0) is 7.05 Å². The molecule has 0 aliphatic carbocycles. The summed E-state index contributed by atoms with van der Waals surface area (Å²) in [5, 5.41) is 7.35. The monoisotopic (exact) mass is 203 g/mol. The van der Waals surface area contributed by atoms with Gasteiger partial charge in [-0.15, -0.1) is 0 Å². The van der Waals surface area contributed by atoms with Gasteiger partial charge >= 0.3 is 0 Å². The molecular weight excluding hydrogens is 190 g/mol. The van der Waals surface area contributed by atoms with E-state index in [1.54, 1.807) is 17.1 Å². The summed E-state index contributed by atoms with van der Waals surface area (Å²) >= 11 is 0. The molecule has 0 aliphatic heterocycles. The van der Waals surface area contributed by atoms with Crippen LogP contribution < -0.4 is 11.1 Å². The molecule has 0 saturated heterocycles. The second-order valence-corrected chi connectivity index (χ2v) is 3.23. The summed E-state index contributed by atoms with van der Waals surface area (Å²) in [6, 6.07) is 3.80. The Balaban J connectivity index is 2.55. The second-order valence-electron chi connectivity index (χ2n) is 3.23. The van der Waals surface area contributed by atoms with E-state index < -0.39 is 0 Å². The fraction of sp³-hybridized carbons (Fsp3) is 0.200. The molecule has 0 amide bonds. The van der Waals surface area contributed by atoms with Gasteiger partial charge in [-0.05, 0) is 12.1 Å². The van der Waals surface area contributed by atoms with Crippen molar-refractivity contribution in [1.29, 1.82) is 0 Å². The number of hydrogen-bond donors (Lipinski definition) is 2. The number of nitrogens with two attached hydrogens (primary N) is 1. The number of hydrogen-bond acceptors (Lipinski definition) is 4. The van der Waals surface area contributed by atoms with E-state index >= 15 is 0 Å². The number of aromatic nitrogens is 3. The molecule has 0 aromatic carbocycles. The predicted molar refractivity (Wildman–Crippen MR) is 60.4 cm³/mol. The molecule has 0 radical (unpaired) electrons. The first-order chi connectivity index (χ1) is 7.24. The van der Waals surface area contributed by atoms with Crippen molar-refractivity contribution in [3.05, 3.63) is 24.5 Å². The number of anilines is 2. The molecule has 0 unspecified atom stereocenters. The van der Waals surface area contributed by atoms with Gasteiger partial charge in [0.2, 0.25) is 0 Å². The summed E-state index contributed by atoms with van der Waals surface area (Å²) in [5.74, 6) is 0.814. The Morgan fingerprint density at radius 3 is 2.80 bits per heavy atom. The lowest BCUT2D eigenvalue weighted by Crippen LogP contribution is -2.00. The van der Waals surface area contributed by atoms with Gasteiger partial charge in [0.1, 0.15) is 17.2 Å². The average Bonchev–Trinajstić information content (AvgIpc) is 2.55. The molecule has 0 bridgehead atoms. The normalized spacial score (nSPS) is 10.3. The average molecular weight is 203 g/mol. The maximum absolute atomic E-state index is 5.97. The van der Waals surface area contributed by atoms with Gasteiger partial charge in [0.25, 0.3) is 0 Å².